The summed E-state index contributed by atoms with van der Waals surface area (Å²) in [5.74, 6) is 0.0882. The second kappa shape index (κ2) is 5.05. The molecule has 0 amide bonds. The van der Waals surface area contributed by atoms with Gasteiger partial charge in [0.15, 0.2) is 0 Å². The van der Waals surface area contributed by atoms with Crippen LogP contribution in [0.1, 0.15) is 12.8 Å². The van der Waals surface area contributed by atoms with Crippen molar-refractivity contribution in [3.8, 4) is 5.75 Å². The van der Waals surface area contributed by atoms with Crippen molar-refractivity contribution in [2.24, 2.45) is 5.41 Å². The molecule has 0 aliphatic heterocycles. The number of halogens is 2. The quantitative estimate of drug-likeness (QED) is 0.508. The Balaban J connectivity index is 2.23. The molecule has 98 valence electrons. The molecular weight excluding hydrogens is 325 g/mol. The number of thiol groups is 1. The molecular formula is C11H11BrFNO3S. The maximum Gasteiger partial charge on any atom is 0.315 e. The van der Waals surface area contributed by atoms with E-state index in [1.165, 1.54) is 0 Å². The normalized spacial score (nSPS) is 16.4. The molecule has 18 heavy (non-hydrogen) atoms. The van der Waals surface area contributed by atoms with Crippen molar-refractivity contribution in [1.82, 2.24) is 0 Å². The summed E-state index contributed by atoms with van der Waals surface area (Å²) in [4.78, 5) is 10.2. The Bertz CT molecular complexity index is 493. The number of ether oxygens (including phenoxy) is 1. The second-order valence-corrected chi connectivity index (χ2v) is 5.61. The summed E-state index contributed by atoms with van der Waals surface area (Å²) in [6.07, 6.45) is 2.01. The summed E-state index contributed by atoms with van der Waals surface area (Å²) < 4.78 is 18.9. The van der Waals surface area contributed by atoms with Crippen molar-refractivity contribution in [2.45, 2.75) is 12.8 Å². The van der Waals surface area contributed by atoms with Gasteiger partial charge in [0.05, 0.1) is 22.1 Å². The Morgan fingerprint density at radius 3 is 2.72 bits per heavy atom. The van der Waals surface area contributed by atoms with Crippen LogP contribution in [0.15, 0.2) is 16.6 Å². The number of nitro benzene ring substituents is 1. The molecule has 7 heteroatoms. The Morgan fingerprint density at radius 2 is 2.22 bits per heavy atom. The van der Waals surface area contributed by atoms with Gasteiger partial charge in [-0.25, -0.2) is 4.39 Å². The lowest BCUT2D eigenvalue weighted by Gasteiger charge is -2.14. The number of rotatable bonds is 5. The first-order valence-corrected chi connectivity index (χ1v) is 6.77. The first-order valence-electron chi connectivity index (χ1n) is 5.34. The molecule has 0 heterocycles. The van der Waals surface area contributed by atoms with Crippen LogP contribution in [0.25, 0.3) is 0 Å². The Morgan fingerprint density at radius 1 is 1.56 bits per heavy atom. The number of nitrogens with zero attached hydrogens (tertiary/aromatic N) is 1. The van der Waals surface area contributed by atoms with Gasteiger partial charge in [-0.2, -0.15) is 12.6 Å². The van der Waals surface area contributed by atoms with Gasteiger partial charge in [0.25, 0.3) is 0 Å². The van der Waals surface area contributed by atoms with Crippen LogP contribution in [0.2, 0.25) is 0 Å². The fraction of sp³-hybridized carbons (Fsp3) is 0.455. The zero-order chi connectivity index (χ0) is 13.3. The lowest BCUT2D eigenvalue weighted by molar-refractivity contribution is -0.386. The summed E-state index contributed by atoms with van der Waals surface area (Å²) in [6, 6.07) is 2.02. The Kier molecular flexibility index (Phi) is 3.82. The smallest absolute Gasteiger partial charge is 0.315 e. The van der Waals surface area contributed by atoms with E-state index in [1.54, 1.807) is 0 Å². The first-order chi connectivity index (χ1) is 8.47. The van der Waals surface area contributed by atoms with Gasteiger partial charge < -0.3 is 4.74 Å². The molecule has 1 saturated carbocycles. The van der Waals surface area contributed by atoms with Crippen LogP contribution in [0.5, 0.6) is 5.75 Å². The summed E-state index contributed by atoms with van der Waals surface area (Å²) in [5, 5.41) is 10.9. The van der Waals surface area contributed by atoms with Gasteiger partial charge in [-0.3, -0.25) is 10.1 Å². The Hall–Kier alpha value is -0.820. The van der Waals surface area contributed by atoms with Crippen molar-refractivity contribution in [3.05, 3.63) is 32.5 Å². The lowest BCUT2D eigenvalue weighted by atomic mass is 10.1. The molecule has 0 spiro atoms. The summed E-state index contributed by atoms with van der Waals surface area (Å²) in [6.45, 7) is 0.363. The molecule has 1 fully saturated rings. The molecule has 0 saturated heterocycles. The lowest BCUT2D eigenvalue weighted by Crippen LogP contribution is -2.15. The minimum atomic E-state index is -0.670. The fourth-order valence-electron chi connectivity index (χ4n) is 1.58. The molecule has 4 nitrogen and oxygen atoms in total. The van der Waals surface area contributed by atoms with E-state index in [2.05, 4.69) is 28.6 Å². The standard InChI is InChI=1S/C11H11BrFNO3S/c12-8-3-7(13)4-9(14(15)16)10(8)17-5-11(6-18)1-2-11/h3-4,18H,1-2,5-6H2. The van der Waals surface area contributed by atoms with Gasteiger partial charge in [-0.1, -0.05) is 0 Å². The topological polar surface area (TPSA) is 52.4 Å². The third-order valence-electron chi connectivity index (χ3n) is 3.00. The van der Waals surface area contributed by atoms with Gasteiger partial charge in [0.2, 0.25) is 5.75 Å². The molecule has 0 bridgehead atoms. The number of hydrogen-bond donors (Lipinski definition) is 1. The molecule has 1 aromatic carbocycles. The molecule has 1 aliphatic carbocycles. The van der Waals surface area contributed by atoms with Crippen LogP contribution >= 0.6 is 28.6 Å². The third kappa shape index (κ3) is 2.77. The van der Waals surface area contributed by atoms with E-state index >= 15 is 0 Å². The van der Waals surface area contributed by atoms with Crippen molar-refractivity contribution < 1.29 is 14.1 Å². The predicted octanol–water partition coefficient (Wildman–Crippen LogP) is 3.59. The van der Waals surface area contributed by atoms with Crippen LogP contribution in [-0.4, -0.2) is 17.3 Å². The highest BCUT2D eigenvalue weighted by Crippen LogP contribution is 2.47. The molecule has 0 radical (unpaired) electrons. The molecule has 0 aromatic heterocycles. The van der Waals surface area contributed by atoms with Gasteiger partial charge >= 0.3 is 5.69 Å². The van der Waals surface area contributed by atoms with Crippen molar-refractivity contribution in [3.63, 3.8) is 0 Å². The van der Waals surface area contributed by atoms with Gasteiger partial charge in [0.1, 0.15) is 5.82 Å². The minimum absolute atomic E-state index is 0.0187. The highest BCUT2D eigenvalue weighted by atomic mass is 79.9. The van der Waals surface area contributed by atoms with Crippen molar-refractivity contribution in [1.29, 1.82) is 0 Å². The van der Waals surface area contributed by atoms with E-state index in [-0.39, 0.29) is 21.3 Å². The monoisotopic (exact) mass is 335 g/mol. The molecule has 0 N–H and O–H groups in total. The minimum Gasteiger partial charge on any atom is -0.485 e. The highest BCUT2D eigenvalue weighted by Gasteiger charge is 2.42. The number of nitro groups is 1. The molecule has 2 rings (SSSR count). The van der Waals surface area contributed by atoms with Crippen LogP contribution in [-0.2, 0) is 0 Å². The van der Waals surface area contributed by atoms with E-state index in [0.29, 0.717) is 12.4 Å². The summed E-state index contributed by atoms with van der Waals surface area (Å²) in [5.41, 5.74) is -0.345. The summed E-state index contributed by atoms with van der Waals surface area (Å²) >= 11 is 7.32. The van der Waals surface area contributed by atoms with Crippen LogP contribution in [0.4, 0.5) is 10.1 Å². The van der Waals surface area contributed by atoms with E-state index in [0.717, 1.165) is 25.0 Å². The molecule has 0 unspecified atom stereocenters. The van der Waals surface area contributed by atoms with Crippen LogP contribution in [0.3, 0.4) is 0 Å². The maximum absolute atomic E-state index is 13.1. The zero-order valence-corrected chi connectivity index (χ0v) is 11.8. The molecule has 1 aliphatic rings. The van der Waals surface area contributed by atoms with E-state index in [4.69, 9.17) is 4.74 Å². The van der Waals surface area contributed by atoms with Crippen LogP contribution < -0.4 is 4.74 Å². The average molecular weight is 336 g/mol. The largest absolute Gasteiger partial charge is 0.485 e. The number of hydrogen-bond acceptors (Lipinski definition) is 4. The maximum atomic E-state index is 13.1. The Labute approximate surface area is 117 Å². The summed E-state index contributed by atoms with van der Waals surface area (Å²) in [7, 11) is 0. The van der Waals surface area contributed by atoms with Crippen LogP contribution in [0, 0.1) is 21.3 Å². The zero-order valence-electron chi connectivity index (χ0n) is 9.36. The first kappa shape index (κ1) is 13.6. The van der Waals surface area contributed by atoms with Gasteiger partial charge in [-0.15, -0.1) is 0 Å². The molecule has 0 atom stereocenters. The van der Waals surface area contributed by atoms with E-state index in [9.17, 15) is 14.5 Å². The fourth-order valence-corrected chi connectivity index (χ4v) is 2.52. The predicted molar refractivity (Wildman–Crippen MR) is 71.8 cm³/mol. The van der Waals surface area contributed by atoms with E-state index in [1.807, 2.05) is 0 Å². The number of benzene rings is 1. The average Bonchev–Trinajstić information content (AvgIpc) is 3.07. The van der Waals surface area contributed by atoms with Gasteiger partial charge in [0, 0.05) is 5.41 Å². The van der Waals surface area contributed by atoms with E-state index < -0.39 is 10.7 Å². The molecule has 1 aromatic rings. The second-order valence-electron chi connectivity index (χ2n) is 4.44. The van der Waals surface area contributed by atoms with Crippen molar-refractivity contribution >= 4 is 34.2 Å². The highest BCUT2D eigenvalue weighted by molar-refractivity contribution is 9.10. The third-order valence-corrected chi connectivity index (χ3v) is 4.26. The SMILES string of the molecule is O=[N+]([O-])c1cc(F)cc(Br)c1OCC1(CS)CC1. The van der Waals surface area contributed by atoms with Crippen molar-refractivity contribution in [2.75, 3.05) is 12.4 Å². The van der Waals surface area contributed by atoms with Gasteiger partial charge in [-0.05, 0) is 40.6 Å².